The summed E-state index contributed by atoms with van der Waals surface area (Å²) < 4.78 is 26.5. The molecule has 1 fully saturated rings. The number of β-amino-alcohol motifs (C(OH)–C–C–N with tert-alkyl or cyclic N) is 1. The van der Waals surface area contributed by atoms with Crippen LogP contribution in [0.1, 0.15) is 24.2 Å². The van der Waals surface area contributed by atoms with Crippen molar-refractivity contribution in [1.29, 1.82) is 0 Å². The lowest BCUT2D eigenvalue weighted by Gasteiger charge is -2.47. The maximum absolute atomic E-state index is 12.5. The highest BCUT2D eigenvalue weighted by atomic mass is 79.9. The Bertz CT molecular complexity index is 680. The average Bonchev–Trinajstić information content (AvgIpc) is 2.34. The number of carboxylic acid groups (broad SMARTS) is 1. The molecular formula is C13H16BrNO5S. The fourth-order valence-corrected chi connectivity index (χ4v) is 4.59. The Kier molecular flexibility index (Phi) is 4.18. The Labute approximate surface area is 131 Å². The molecule has 2 rings (SSSR count). The van der Waals surface area contributed by atoms with Crippen LogP contribution in [-0.4, -0.2) is 47.6 Å². The largest absolute Gasteiger partial charge is 0.478 e. The van der Waals surface area contributed by atoms with Crippen molar-refractivity contribution in [1.82, 2.24) is 4.31 Å². The number of hydrogen-bond acceptors (Lipinski definition) is 4. The zero-order chi connectivity index (χ0) is 16.0. The molecule has 2 N–H and O–H groups in total. The molecule has 0 radical (unpaired) electrons. The molecule has 1 aliphatic heterocycles. The molecule has 21 heavy (non-hydrogen) atoms. The third kappa shape index (κ3) is 2.85. The van der Waals surface area contributed by atoms with E-state index in [0.29, 0.717) is 4.47 Å². The Morgan fingerprint density at radius 2 is 1.95 bits per heavy atom. The zero-order valence-electron chi connectivity index (χ0n) is 11.6. The van der Waals surface area contributed by atoms with Crippen LogP contribution in [0.25, 0.3) is 0 Å². The molecule has 1 aromatic rings. The normalized spacial score (nSPS) is 18.5. The molecule has 1 saturated heterocycles. The number of aromatic carboxylic acids is 1. The molecule has 6 nitrogen and oxygen atoms in total. The summed E-state index contributed by atoms with van der Waals surface area (Å²) in [6, 6.07) is 3.84. The van der Waals surface area contributed by atoms with Crippen molar-refractivity contribution in [3.05, 3.63) is 28.2 Å². The number of halogens is 1. The summed E-state index contributed by atoms with van der Waals surface area (Å²) in [5, 5.41) is 19.1. The Hall–Kier alpha value is -0.960. The number of hydrogen-bond donors (Lipinski definition) is 2. The van der Waals surface area contributed by atoms with E-state index in [-0.39, 0.29) is 29.5 Å². The van der Waals surface area contributed by atoms with Gasteiger partial charge in [-0.3, -0.25) is 0 Å². The van der Waals surface area contributed by atoms with Gasteiger partial charge in [0.2, 0.25) is 10.0 Å². The van der Waals surface area contributed by atoms with Crippen molar-refractivity contribution in [2.75, 3.05) is 13.1 Å². The number of carbonyl (C=O) groups is 1. The fourth-order valence-electron chi connectivity index (χ4n) is 2.07. The zero-order valence-corrected chi connectivity index (χ0v) is 14.0. The van der Waals surface area contributed by atoms with Crippen molar-refractivity contribution < 1.29 is 23.4 Å². The van der Waals surface area contributed by atoms with Crippen LogP contribution < -0.4 is 0 Å². The second-order valence-corrected chi connectivity index (χ2v) is 8.24. The topological polar surface area (TPSA) is 94.9 Å². The van der Waals surface area contributed by atoms with Gasteiger partial charge in [-0.2, -0.15) is 4.31 Å². The summed E-state index contributed by atoms with van der Waals surface area (Å²) in [6.07, 6.45) is 0. The van der Waals surface area contributed by atoms with Crippen LogP contribution in [0.15, 0.2) is 27.6 Å². The van der Waals surface area contributed by atoms with Crippen LogP contribution in [0.2, 0.25) is 0 Å². The van der Waals surface area contributed by atoms with Gasteiger partial charge in [-0.05, 0) is 40.0 Å². The van der Waals surface area contributed by atoms with E-state index in [2.05, 4.69) is 15.9 Å². The first kappa shape index (κ1) is 16.4. The highest BCUT2D eigenvalue weighted by Crippen LogP contribution is 2.35. The molecule has 0 spiro atoms. The summed E-state index contributed by atoms with van der Waals surface area (Å²) in [5.74, 6) is -1.25. The highest BCUT2D eigenvalue weighted by Gasteiger charge is 2.49. The number of carboxylic acids is 1. The molecule has 0 amide bonds. The Morgan fingerprint density at radius 1 is 1.38 bits per heavy atom. The molecule has 1 aromatic carbocycles. The first-order valence-electron chi connectivity index (χ1n) is 6.33. The molecule has 0 aliphatic carbocycles. The van der Waals surface area contributed by atoms with Gasteiger partial charge in [0.05, 0.1) is 16.1 Å². The predicted molar refractivity (Wildman–Crippen MR) is 79.6 cm³/mol. The van der Waals surface area contributed by atoms with E-state index in [9.17, 15) is 18.3 Å². The highest BCUT2D eigenvalue weighted by molar-refractivity contribution is 9.10. The lowest BCUT2D eigenvalue weighted by Crippen LogP contribution is -2.65. The van der Waals surface area contributed by atoms with E-state index in [1.807, 2.05) is 13.8 Å². The van der Waals surface area contributed by atoms with Crippen LogP contribution >= 0.6 is 15.9 Å². The standard InChI is InChI=1S/C13H16BrNO5S/c1-8(2)13(18)6-15(7-13)21(19,20)11-5-9(12(16)17)3-4-10(11)14/h3-5,8,18H,6-7H2,1-2H3,(H,16,17). The van der Waals surface area contributed by atoms with Crippen molar-refractivity contribution in [2.24, 2.45) is 5.92 Å². The van der Waals surface area contributed by atoms with Crippen molar-refractivity contribution in [3.8, 4) is 0 Å². The van der Waals surface area contributed by atoms with Gasteiger partial charge in [-0.1, -0.05) is 13.8 Å². The van der Waals surface area contributed by atoms with Gasteiger partial charge in [-0.25, -0.2) is 13.2 Å². The predicted octanol–water partition coefficient (Wildman–Crippen LogP) is 1.54. The van der Waals surface area contributed by atoms with Crippen molar-refractivity contribution in [2.45, 2.75) is 24.3 Å². The minimum absolute atomic E-state index is 0.0107. The Morgan fingerprint density at radius 3 is 2.43 bits per heavy atom. The average molecular weight is 378 g/mol. The Balaban J connectivity index is 2.34. The van der Waals surface area contributed by atoms with Gasteiger partial charge in [0.15, 0.2) is 0 Å². The monoisotopic (exact) mass is 377 g/mol. The van der Waals surface area contributed by atoms with Crippen LogP contribution in [0, 0.1) is 5.92 Å². The number of benzene rings is 1. The number of sulfonamides is 1. The van der Waals surface area contributed by atoms with Crippen LogP contribution in [0.3, 0.4) is 0 Å². The lowest BCUT2D eigenvalue weighted by molar-refractivity contribution is -0.0932. The van der Waals surface area contributed by atoms with Gasteiger partial charge in [0.1, 0.15) is 0 Å². The minimum atomic E-state index is -3.83. The summed E-state index contributed by atoms with van der Waals surface area (Å²) in [5.41, 5.74) is -1.12. The van der Waals surface area contributed by atoms with E-state index in [0.717, 1.165) is 10.4 Å². The minimum Gasteiger partial charge on any atom is -0.478 e. The van der Waals surface area contributed by atoms with E-state index >= 15 is 0 Å². The van der Waals surface area contributed by atoms with Gasteiger partial charge in [-0.15, -0.1) is 0 Å². The maximum atomic E-state index is 12.5. The van der Waals surface area contributed by atoms with Crippen molar-refractivity contribution in [3.63, 3.8) is 0 Å². The van der Waals surface area contributed by atoms with E-state index < -0.39 is 21.6 Å². The fraction of sp³-hybridized carbons (Fsp3) is 0.462. The molecule has 0 unspecified atom stereocenters. The van der Waals surface area contributed by atoms with Gasteiger partial charge < -0.3 is 10.2 Å². The van der Waals surface area contributed by atoms with Gasteiger partial charge >= 0.3 is 5.97 Å². The van der Waals surface area contributed by atoms with Crippen LogP contribution in [0.5, 0.6) is 0 Å². The summed E-state index contributed by atoms with van der Waals surface area (Å²) in [4.78, 5) is 10.9. The number of rotatable bonds is 4. The second-order valence-electron chi connectivity index (χ2n) is 5.48. The third-order valence-electron chi connectivity index (χ3n) is 3.77. The maximum Gasteiger partial charge on any atom is 0.335 e. The van der Waals surface area contributed by atoms with Crippen LogP contribution in [-0.2, 0) is 10.0 Å². The van der Waals surface area contributed by atoms with Crippen molar-refractivity contribution >= 4 is 31.9 Å². The van der Waals surface area contributed by atoms with E-state index in [1.54, 1.807) is 0 Å². The lowest BCUT2D eigenvalue weighted by atomic mass is 9.85. The third-order valence-corrected chi connectivity index (χ3v) is 6.56. The molecular weight excluding hydrogens is 362 g/mol. The first-order chi connectivity index (χ1) is 9.58. The van der Waals surface area contributed by atoms with E-state index in [1.165, 1.54) is 12.1 Å². The first-order valence-corrected chi connectivity index (χ1v) is 8.56. The quantitative estimate of drug-likeness (QED) is 0.829. The van der Waals surface area contributed by atoms with E-state index in [4.69, 9.17) is 5.11 Å². The molecule has 0 saturated carbocycles. The summed E-state index contributed by atoms with van der Waals surface area (Å²) in [7, 11) is -3.83. The second kappa shape index (κ2) is 5.35. The smallest absolute Gasteiger partial charge is 0.335 e. The molecule has 8 heteroatoms. The van der Waals surface area contributed by atoms with Gasteiger partial charge in [0, 0.05) is 17.6 Å². The SMILES string of the molecule is CC(C)C1(O)CN(S(=O)(=O)c2cc(C(=O)O)ccc2Br)C1. The summed E-state index contributed by atoms with van der Waals surface area (Å²) in [6.45, 7) is 3.67. The molecule has 0 atom stereocenters. The molecule has 1 heterocycles. The molecule has 0 aromatic heterocycles. The number of aliphatic hydroxyl groups is 1. The number of nitrogens with zero attached hydrogens (tertiary/aromatic N) is 1. The molecule has 116 valence electrons. The molecule has 0 bridgehead atoms. The summed E-state index contributed by atoms with van der Waals surface area (Å²) >= 11 is 3.13. The van der Waals surface area contributed by atoms with Crippen LogP contribution in [0.4, 0.5) is 0 Å². The van der Waals surface area contributed by atoms with Gasteiger partial charge in [0.25, 0.3) is 0 Å². The molecule has 1 aliphatic rings.